The lowest BCUT2D eigenvalue weighted by Crippen LogP contribution is -2.35. The van der Waals surface area contributed by atoms with Crippen molar-refractivity contribution in [2.24, 2.45) is 0 Å². The number of fused-ring (bicyclic) bond motifs is 2. The zero-order chi connectivity index (χ0) is 19.5. The predicted octanol–water partition coefficient (Wildman–Crippen LogP) is 6.28. The van der Waals surface area contributed by atoms with Gasteiger partial charge in [0, 0.05) is 22.9 Å². The molecule has 0 saturated heterocycles. The van der Waals surface area contributed by atoms with Crippen LogP contribution in [0.3, 0.4) is 0 Å². The van der Waals surface area contributed by atoms with Crippen molar-refractivity contribution < 1.29 is 4.79 Å². The molecule has 3 nitrogen and oxygen atoms in total. The van der Waals surface area contributed by atoms with E-state index in [4.69, 9.17) is 0 Å². The summed E-state index contributed by atoms with van der Waals surface area (Å²) < 4.78 is 4.64. The fourth-order valence-corrected chi connectivity index (χ4v) is 6.41. The molecule has 0 bridgehead atoms. The fourth-order valence-electron chi connectivity index (χ4n) is 3.96. The van der Waals surface area contributed by atoms with Crippen molar-refractivity contribution in [2.45, 2.75) is 61.4 Å². The summed E-state index contributed by atoms with van der Waals surface area (Å²) in [4.78, 5) is 16.5. The smallest absolute Gasteiger partial charge is 0.177 e. The Bertz CT molecular complexity index is 773. The van der Waals surface area contributed by atoms with Crippen LogP contribution in [0.25, 0.3) is 0 Å². The Kier molecular flexibility index (Phi) is 6.46. The van der Waals surface area contributed by atoms with E-state index in [-0.39, 0.29) is 12.1 Å². The van der Waals surface area contributed by atoms with Crippen molar-refractivity contribution in [3.8, 4) is 0 Å². The van der Waals surface area contributed by atoms with E-state index >= 15 is 0 Å². The molecule has 2 atom stereocenters. The first kappa shape index (κ1) is 20.0. The Labute approximate surface area is 177 Å². The maximum Gasteiger partial charge on any atom is 0.177 e. The molecule has 2 aromatic rings. The van der Waals surface area contributed by atoms with E-state index in [0.717, 1.165) is 38.8 Å². The van der Waals surface area contributed by atoms with Gasteiger partial charge in [-0.3, -0.25) is 4.79 Å². The summed E-state index contributed by atoms with van der Waals surface area (Å²) in [5.41, 5.74) is 2.36. The van der Waals surface area contributed by atoms with Crippen LogP contribution in [-0.4, -0.2) is 27.5 Å². The van der Waals surface area contributed by atoms with Crippen LogP contribution in [0.1, 0.15) is 62.7 Å². The molecule has 2 unspecified atom stereocenters. The average Bonchev–Trinajstić information content (AvgIpc) is 3.28. The molecular weight excluding hydrogens is 384 g/mol. The van der Waals surface area contributed by atoms with Gasteiger partial charge in [0.1, 0.15) is 12.1 Å². The first-order chi connectivity index (χ1) is 13.7. The van der Waals surface area contributed by atoms with Crippen LogP contribution in [-0.2, 0) is 4.79 Å². The molecule has 0 radical (unpaired) electrons. The van der Waals surface area contributed by atoms with Gasteiger partial charge in [0.2, 0.25) is 0 Å². The Morgan fingerprint density at radius 3 is 1.64 bits per heavy atom. The van der Waals surface area contributed by atoms with Crippen molar-refractivity contribution in [2.75, 3.05) is 13.1 Å². The number of carbonyl (C=O) groups is 1. The first-order valence-electron chi connectivity index (χ1n) is 10.3. The van der Waals surface area contributed by atoms with Gasteiger partial charge >= 0.3 is 0 Å². The van der Waals surface area contributed by atoms with Crippen molar-refractivity contribution >= 4 is 29.7 Å². The van der Waals surface area contributed by atoms with Crippen LogP contribution in [0.5, 0.6) is 0 Å². The van der Waals surface area contributed by atoms with E-state index in [2.05, 4.69) is 71.0 Å². The van der Waals surface area contributed by atoms with Gasteiger partial charge in [-0.05, 0) is 60.0 Å². The number of rotatable bonds is 8. The summed E-state index contributed by atoms with van der Waals surface area (Å²) in [6.07, 6.45) is 4.50. The Balaban J connectivity index is 1.68. The molecule has 0 fully saturated rings. The minimum atomic E-state index is -0.159. The molecule has 0 aromatic heterocycles. The average molecular weight is 413 g/mol. The summed E-state index contributed by atoms with van der Waals surface area (Å²) in [5.74, 6) is 0.321. The fraction of sp³-hybridized carbons (Fsp3) is 0.435. The van der Waals surface area contributed by atoms with E-state index in [1.807, 2.05) is 0 Å². The van der Waals surface area contributed by atoms with E-state index in [1.165, 1.54) is 20.9 Å². The van der Waals surface area contributed by atoms with Crippen molar-refractivity contribution in [1.29, 1.82) is 0 Å². The van der Waals surface area contributed by atoms with E-state index in [0.29, 0.717) is 5.78 Å². The molecule has 28 heavy (non-hydrogen) atoms. The molecule has 5 heteroatoms. The highest BCUT2D eigenvalue weighted by Crippen LogP contribution is 2.51. The van der Waals surface area contributed by atoms with Gasteiger partial charge in [-0.25, -0.2) is 8.61 Å². The number of hydrogen-bond acceptors (Lipinski definition) is 5. The lowest BCUT2D eigenvalue weighted by Gasteiger charge is -2.29. The number of ketones is 1. The maximum atomic E-state index is 14.0. The molecular formula is C23H28N2OS2. The largest absolute Gasteiger partial charge is 0.295 e. The van der Waals surface area contributed by atoms with Crippen LogP contribution in [0.15, 0.2) is 58.3 Å². The van der Waals surface area contributed by atoms with E-state index in [1.54, 1.807) is 23.9 Å². The van der Waals surface area contributed by atoms with E-state index in [9.17, 15) is 4.79 Å². The Hall–Kier alpha value is -1.27. The van der Waals surface area contributed by atoms with Gasteiger partial charge in [0.05, 0.1) is 0 Å². The van der Waals surface area contributed by atoms with Crippen molar-refractivity contribution in [3.63, 3.8) is 0 Å². The summed E-state index contributed by atoms with van der Waals surface area (Å²) in [6, 6.07) is 16.5. The number of nitrogens with zero attached hydrogens (tertiary/aromatic N) is 2. The van der Waals surface area contributed by atoms with Crippen molar-refractivity contribution in [3.05, 3.63) is 59.7 Å². The quantitative estimate of drug-likeness (QED) is 0.475. The Morgan fingerprint density at radius 2 is 1.21 bits per heavy atom. The molecule has 0 spiro atoms. The first-order valence-corrected chi connectivity index (χ1v) is 11.9. The van der Waals surface area contributed by atoms with Crippen LogP contribution in [0.2, 0.25) is 0 Å². The van der Waals surface area contributed by atoms with Crippen LogP contribution < -0.4 is 0 Å². The topological polar surface area (TPSA) is 23.6 Å². The maximum absolute atomic E-state index is 14.0. The minimum Gasteiger partial charge on any atom is -0.295 e. The summed E-state index contributed by atoms with van der Waals surface area (Å²) in [6.45, 7) is 6.31. The van der Waals surface area contributed by atoms with Gasteiger partial charge in [0.25, 0.3) is 0 Å². The van der Waals surface area contributed by atoms with Gasteiger partial charge in [-0.2, -0.15) is 0 Å². The second kappa shape index (κ2) is 9.04. The summed E-state index contributed by atoms with van der Waals surface area (Å²) in [5, 5.41) is 0. The van der Waals surface area contributed by atoms with E-state index < -0.39 is 0 Å². The Morgan fingerprint density at radius 1 is 0.786 bits per heavy atom. The summed E-state index contributed by atoms with van der Waals surface area (Å²) in [7, 11) is 0. The zero-order valence-corrected chi connectivity index (χ0v) is 18.3. The molecule has 0 amide bonds. The van der Waals surface area contributed by atoms with Crippen LogP contribution >= 0.6 is 23.9 Å². The minimum absolute atomic E-state index is 0.159. The number of unbranched alkanes of at least 4 members (excludes halogenated alkanes) is 2. The second-order valence-corrected chi connectivity index (χ2v) is 9.64. The van der Waals surface area contributed by atoms with Crippen LogP contribution in [0, 0.1) is 0 Å². The standard InChI is InChI=1S/C23H28N2OS2/c1-3-5-15-24-21(17-11-7-9-13-19(17)27-24)23(26)22-18-12-8-10-14-20(18)28-25(22)16-6-4-2/h7-14,21-22H,3-6,15-16H2,1-2H3. The third-order valence-electron chi connectivity index (χ3n) is 5.44. The predicted molar refractivity (Wildman–Crippen MR) is 118 cm³/mol. The van der Waals surface area contributed by atoms with Crippen LogP contribution in [0.4, 0.5) is 0 Å². The number of carbonyl (C=O) groups excluding carboxylic acids is 1. The molecule has 2 heterocycles. The van der Waals surface area contributed by atoms with Gasteiger partial charge in [0.15, 0.2) is 5.78 Å². The highest BCUT2D eigenvalue weighted by molar-refractivity contribution is 7.97. The van der Waals surface area contributed by atoms with Gasteiger partial charge in [-0.15, -0.1) is 0 Å². The van der Waals surface area contributed by atoms with Gasteiger partial charge < -0.3 is 0 Å². The lowest BCUT2D eigenvalue weighted by molar-refractivity contribution is -0.126. The highest BCUT2D eigenvalue weighted by atomic mass is 32.2. The third kappa shape index (κ3) is 3.78. The van der Waals surface area contributed by atoms with Crippen molar-refractivity contribution in [1.82, 2.24) is 8.61 Å². The monoisotopic (exact) mass is 412 g/mol. The molecule has 2 aliphatic heterocycles. The molecule has 4 rings (SSSR count). The molecule has 148 valence electrons. The SMILES string of the molecule is CCCCN1Sc2ccccc2C1C(=O)C1c2ccccc2SN1CCCC. The van der Waals surface area contributed by atoms with Gasteiger partial charge in [-0.1, -0.05) is 63.1 Å². The summed E-state index contributed by atoms with van der Waals surface area (Å²) >= 11 is 3.52. The number of hydrogen-bond donors (Lipinski definition) is 0. The number of benzene rings is 2. The molecule has 2 aliphatic rings. The lowest BCUT2D eigenvalue weighted by atomic mass is 9.93. The zero-order valence-electron chi connectivity index (χ0n) is 16.6. The third-order valence-corrected chi connectivity index (χ3v) is 7.83. The molecule has 2 aromatic carbocycles. The number of Topliss-reactive ketones (excluding diaryl/α,β-unsaturated/α-hetero) is 1. The molecule has 0 N–H and O–H groups in total. The normalized spacial score (nSPS) is 21.6. The molecule has 0 aliphatic carbocycles. The highest BCUT2D eigenvalue weighted by Gasteiger charge is 2.44. The second-order valence-electron chi connectivity index (χ2n) is 7.45. The molecule has 0 saturated carbocycles.